The third-order valence-corrected chi connectivity index (χ3v) is 5.51. The molecule has 0 bridgehead atoms. The normalized spacial score (nSPS) is 17.2. The minimum atomic E-state index is -0.464. The SMILES string of the molecule is COC(=O)c1ccc(Cl)c(NC(=O)C2CCCN(Cc3ccccc3C)C2)c1. The van der Waals surface area contributed by atoms with Gasteiger partial charge in [0.05, 0.1) is 29.3 Å². The van der Waals surface area contributed by atoms with Crippen molar-refractivity contribution < 1.29 is 14.3 Å². The number of esters is 1. The average molecular weight is 401 g/mol. The Morgan fingerprint density at radius 1 is 1.25 bits per heavy atom. The van der Waals surface area contributed by atoms with Crippen LogP contribution in [0.1, 0.15) is 34.3 Å². The summed E-state index contributed by atoms with van der Waals surface area (Å²) in [5.41, 5.74) is 3.34. The van der Waals surface area contributed by atoms with Gasteiger partial charge >= 0.3 is 5.97 Å². The number of nitrogens with zero attached hydrogens (tertiary/aromatic N) is 1. The molecule has 2 aromatic carbocycles. The summed E-state index contributed by atoms with van der Waals surface area (Å²) in [5, 5.41) is 3.29. The van der Waals surface area contributed by atoms with Crippen LogP contribution < -0.4 is 5.32 Å². The monoisotopic (exact) mass is 400 g/mol. The number of hydrogen-bond donors (Lipinski definition) is 1. The summed E-state index contributed by atoms with van der Waals surface area (Å²) < 4.78 is 4.73. The van der Waals surface area contributed by atoms with Crippen molar-refractivity contribution in [2.24, 2.45) is 5.92 Å². The molecule has 1 aliphatic rings. The van der Waals surface area contributed by atoms with Crippen LogP contribution in [0.5, 0.6) is 0 Å². The topological polar surface area (TPSA) is 58.6 Å². The van der Waals surface area contributed by atoms with Crippen LogP contribution in [-0.4, -0.2) is 37.0 Å². The van der Waals surface area contributed by atoms with Crippen LogP contribution in [0, 0.1) is 12.8 Å². The third kappa shape index (κ3) is 4.91. The van der Waals surface area contributed by atoms with Crippen LogP contribution in [0.3, 0.4) is 0 Å². The molecule has 1 heterocycles. The minimum absolute atomic E-state index is 0.0709. The van der Waals surface area contributed by atoms with E-state index in [0.29, 0.717) is 22.8 Å². The second-order valence-electron chi connectivity index (χ2n) is 7.18. The largest absolute Gasteiger partial charge is 0.465 e. The molecular formula is C22H25ClN2O3. The lowest BCUT2D eigenvalue weighted by atomic mass is 9.96. The van der Waals surface area contributed by atoms with Gasteiger partial charge in [-0.05, 0) is 55.6 Å². The zero-order chi connectivity index (χ0) is 20.1. The number of piperidine rings is 1. The van der Waals surface area contributed by atoms with Gasteiger partial charge in [-0.1, -0.05) is 35.9 Å². The second-order valence-corrected chi connectivity index (χ2v) is 7.58. The van der Waals surface area contributed by atoms with E-state index in [-0.39, 0.29) is 11.8 Å². The van der Waals surface area contributed by atoms with E-state index in [1.54, 1.807) is 18.2 Å². The molecule has 0 saturated carbocycles. The van der Waals surface area contributed by atoms with E-state index in [1.807, 2.05) is 12.1 Å². The number of benzene rings is 2. The van der Waals surface area contributed by atoms with E-state index in [9.17, 15) is 9.59 Å². The van der Waals surface area contributed by atoms with Crippen molar-refractivity contribution in [1.82, 2.24) is 4.90 Å². The molecule has 0 aromatic heterocycles. The standard InChI is InChI=1S/C22H25ClN2O3/c1-15-6-3-4-7-17(15)13-25-11-5-8-18(14-25)21(26)24-20-12-16(22(27)28-2)9-10-19(20)23/h3-4,6-7,9-10,12,18H,5,8,11,13-14H2,1-2H3,(H,24,26). The summed E-state index contributed by atoms with van der Waals surface area (Å²) >= 11 is 6.20. The van der Waals surface area contributed by atoms with Crippen molar-refractivity contribution in [2.45, 2.75) is 26.3 Å². The van der Waals surface area contributed by atoms with Gasteiger partial charge in [0, 0.05) is 13.1 Å². The van der Waals surface area contributed by atoms with E-state index >= 15 is 0 Å². The van der Waals surface area contributed by atoms with Crippen molar-refractivity contribution in [2.75, 3.05) is 25.5 Å². The Morgan fingerprint density at radius 3 is 2.79 bits per heavy atom. The molecule has 1 atom stereocenters. The number of halogens is 1. The summed E-state index contributed by atoms with van der Waals surface area (Å²) in [6.07, 6.45) is 1.81. The fourth-order valence-corrected chi connectivity index (χ4v) is 3.71. The molecule has 1 saturated heterocycles. The molecule has 1 unspecified atom stereocenters. The molecule has 5 nitrogen and oxygen atoms in total. The lowest BCUT2D eigenvalue weighted by Gasteiger charge is -2.32. The van der Waals surface area contributed by atoms with E-state index in [2.05, 4.69) is 29.3 Å². The lowest BCUT2D eigenvalue weighted by Crippen LogP contribution is -2.40. The molecule has 1 N–H and O–H groups in total. The van der Waals surface area contributed by atoms with Gasteiger partial charge in [-0.15, -0.1) is 0 Å². The zero-order valence-corrected chi connectivity index (χ0v) is 17.0. The van der Waals surface area contributed by atoms with Crippen molar-refractivity contribution in [3.8, 4) is 0 Å². The highest BCUT2D eigenvalue weighted by atomic mass is 35.5. The highest BCUT2D eigenvalue weighted by molar-refractivity contribution is 6.33. The number of hydrogen-bond acceptors (Lipinski definition) is 4. The Hall–Kier alpha value is -2.37. The van der Waals surface area contributed by atoms with Crippen LogP contribution >= 0.6 is 11.6 Å². The summed E-state index contributed by atoms with van der Waals surface area (Å²) in [6, 6.07) is 13.1. The van der Waals surface area contributed by atoms with E-state index < -0.39 is 5.97 Å². The molecule has 3 rings (SSSR count). The number of rotatable bonds is 5. The maximum Gasteiger partial charge on any atom is 0.337 e. The number of anilines is 1. The molecule has 148 valence electrons. The zero-order valence-electron chi connectivity index (χ0n) is 16.2. The predicted molar refractivity (Wildman–Crippen MR) is 111 cm³/mol. The van der Waals surface area contributed by atoms with Crippen molar-refractivity contribution >= 4 is 29.2 Å². The number of likely N-dealkylation sites (tertiary alicyclic amines) is 1. The van der Waals surface area contributed by atoms with Crippen molar-refractivity contribution in [3.63, 3.8) is 0 Å². The maximum atomic E-state index is 12.8. The summed E-state index contributed by atoms with van der Waals surface area (Å²) in [4.78, 5) is 26.9. The predicted octanol–water partition coefficient (Wildman–Crippen LogP) is 4.29. The van der Waals surface area contributed by atoms with E-state index in [4.69, 9.17) is 16.3 Å². The molecular weight excluding hydrogens is 376 g/mol. The Bertz CT molecular complexity index is 869. The van der Waals surface area contributed by atoms with Gasteiger partial charge in [0.25, 0.3) is 0 Å². The first-order valence-corrected chi connectivity index (χ1v) is 9.81. The lowest BCUT2D eigenvalue weighted by molar-refractivity contribution is -0.121. The molecule has 28 heavy (non-hydrogen) atoms. The first kappa shape index (κ1) is 20.4. The van der Waals surface area contributed by atoms with Gasteiger partial charge in [-0.2, -0.15) is 0 Å². The van der Waals surface area contributed by atoms with Gasteiger partial charge in [0.15, 0.2) is 0 Å². The number of ether oxygens (including phenoxy) is 1. The Morgan fingerprint density at radius 2 is 2.04 bits per heavy atom. The summed E-state index contributed by atoms with van der Waals surface area (Å²) in [7, 11) is 1.32. The number of carbonyl (C=O) groups is 2. The molecule has 0 aliphatic carbocycles. The van der Waals surface area contributed by atoms with Crippen molar-refractivity contribution in [3.05, 3.63) is 64.2 Å². The molecule has 1 fully saturated rings. The highest BCUT2D eigenvalue weighted by Crippen LogP contribution is 2.26. The van der Waals surface area contributed by atoms with Crippen LogP contribution in [0.25, 0.3) is 0 Å². The van der Waals surface area contributed by atoms with Crippen molar-refractivity contribution in [1.29, 1.82) is 0 Å². The molecule has 0 radical (unpaired) electrons. The van der Waals surface area contributed by atoms with E-state index in [0.717, 1.165) is 25.9 Å². The summed E-state index contributed by atoms with van der Waals surface area (Å²) in [5.74, 6) is -0.650. The number of nitrogens with one attached hydrogen (secondary N) is 1. The molecule has 6 heteroatoms. The van der Waals surface area contributed by atoms with Gasteiger partial charge in [0.2, 0.25) is 5.91 Å². The molecule has 0 spiro atoms. The van der Waals surface area contributed by atoms with Crippen LogP contribution in [0.2, 0.25) is 5.02 Å². The second kappa shape index (κ2) is 9.22. The van der Waals surface area contributed by atoms with Gasteiger partial charge in [-0.25, -0.2) is 4.79 Å². The molecule has 2 aromatic rings. The molecule has 1 amide bonds. The van der Waals surface area contributed by atoms with Crippen LogP contribution in [-0.2, 0) is 16.1 Å². The quantitative estimate of drug-likeness (QED) is 0.761. The maximum absolute atomic E-state index is 12.8. The fourth-order valence-electron chi connectivity index (χ4n) is 3.54. The van der Waals surface area contributed by atoms with Gasteiger partial charge in [-0.3, -0.25) is 9.69 Å². The first-order valence-electron chi connectivity index (χ1n) is 9.43. The summed E-state index contributed by atoms with van der Waals surface area (Å²) in [6.45, 7) is 4.64. The Labute approximate surface area is 170 Å². The Kier molecular flexibility index (Phi) is 6.70. The van der Waals surface area contributed by atoms with Gasteiger partial charge in [0.1, 0.15) is 0 Å². The number of methoxy groups -OCH3 is 1. The van der Waals surface area contributed by atoms with E-state index in [1.165, 1.54) is 18.2 Å². The van der Waals surface area contributed by atoms with Crippen LogP contribution in [0.4, 0.5) is 5.69 Å². The van der Waals surface area contributed by atoms with Crippen LogP contribution in [0.15, 0.2) is 42.5 Å². The minimum Gasteiger partial charge on any atom is -0.465 e. The van der Waals surface area contributed by atoms with Gasteiger partial charge < -0.3 is 10.1 Å². The number of aryl methyl sites for hydroxylation is 1. The number of amides is 1. The molecule has 1 aliphatic heterocycles. The smallest absolute Gasteiger partial charge is 0.337 e. The third-order valence-electron chi connectivity index (χ3n) is 5.18. The fraction of sp³-hybridized carbons (Fsp3) is 0.364. The average Bonchev–Trinajstić information content (AvgIpc) is 2.71. The highest BCUT2D eigenvalue weighted by Gasteiger charge is 2.26. The first-order chi connectivity index (χ1) is 13.5. The number of carbonyl (C=O) groups excluding carboxylic acids is 2. The Balaban J connectivity index is 1.66.